The van der Waals surface area contributed by atoms with Crippen LogP contribution in [0.25, 0.3) is 0 Å². The van der Waals surface area contributed by atoms with Crippen molar-refractivity contribution in [3.63, 3.8) is 0 Å². The number of aldehydes is 2. The molecule has 0 spiro atoms. The molecule has 5 atom stereocenters. The first-order chi connectivity index (χ1) is 6.65. The van der Waals surface area contributed by atoms with Crippen LogP contribution in [0.4, 0.5) is 0 Å². The molecule has 0 aliphatic carbocycles. The summed E-state index contributed by atoms with van der Waals surface area (Å²) in [7, 11) is 0. The number of hydrogen-bond donors (Lipinski definition) is 2. The van der Waals surface area contributed by atoms with Gasteiger partial charge in [0.2, 0.25) is 0 Å². The summed E-state index contributed by atoms with van der Waals surface area (Å²) in [5, 5.41) is 19.0. The Morgan fingerprint density at radius 2 is 2.07 bits per heavy atom. The molecule has 2 heterocycles. The van der Waals surface area contributed by atoms with Crippen molar-refractivity contribution in [3.05, 3.63) is 0 Å². The van der Waals surface area contributed by atoms with E-state index in [2.05, 4.69) is 0 Å². The molecule has 78 valence electrons. The van der Waals surface area contributed by atoms with Gasteiger partial charge in [0.25, 0.3) is 0 Å². The number of ether oxygens (including phenoxy) is 2. The summed E-state index contributed by atoms with van der Waals surface area (Å²) in [5.74, 6) is 0. The summed E-state index contributed by atoms with van der Waals surface area (Å²) in [6, 6.07) is 0. The van der Waals surface area contributed by atoms with E-state index in [0.717, 1.165) is 0 Å². The maximum Gasteiger partial charge on any atom is 0.181 e. The Balaban J connectivity index is 2.33. The van der Waals surface area contributed by atoms with Crippen LogP contribution in [-0.2, 0) is 19.1 Å². The largest absolute Gasteiger partial charge is 0.387 e. The zero-order valence-corrected chi connectivity index (χ0v) is 7.20. The minimum absolute atomic E-state index is 0.0773. The average molecular weight is 202 g/mol. The number of rotatable bonds is 2. The molecule has 2 aliphatic rings. The van der Waals surface area contributed by atoms with E-state index >= 15 is 0 Å². The van der Waals surface area contributed by atoms with Crippen molar-refractivity contribution in [2.75, 3.05) is 6.61 Å². The number of fused-ring (bicyclic) bond motifs is 1. The summed E-state index contributed by atoms with van der Waals surface area (Å²) in [6.07, 6.45) is -3.61. The Hall–Kier alpha value is -0.820. The Labute approximate surface area is 79.4 Å². The molecule has 2 aliphatic heterocycles. The molecule has 0 aromatic rings. The topological polar surface area (TPSA) is 93.1 Å². The summed E-state index contributed by atoms with van der Waals surface area (Å²) >= 11 is 0. The van der Waals surface area contributed by atoms with Crippen LogP contribution >= 0.6 is 0 Å². The Morgan fingerprint density at radius 1 is 1.36 bits per heavy atom. The van der Waals surface area contributed by atoms with E-state index in [4.69, 9.17) is 9.47 Å². The highest BCUT2D eigenvalue weighted by atomic mass is 16.6. The predicted octanol–water partition coefficient (Wildman–Crippen LogP) is -2.36. The molecule has 6 nitrogen and oxygen atoms in total. The normalized spacial score (nSPS) is 51.6. The molecule has 2 unspecified atom stereocenters. The van der Waals surface area contributed by atoms with Crippen LogP contribution in [0.2, 0.25) is 0 Å². The highest BCUT2D eigenvalue weighted by Crippen LogP contribution is 2.38. The fourth-order valence-electron chi connectivity index (χ4n) is 1.92. The molecular weight excluding hydrogens is 192 g/mol. The number of carbonyl (C=O) groups is 2. The molecule has 0 radical (unpaired) electrons. The highest BCUT2D eigenvalue weighted by Gasteiger charge is 2.63. The SMILES string of the molecule is O=CC1OC2(C=O)[C@H](OC[C@@H]2O)[C@@H]1O. The van der Waals surface area contributed by atoms with Crippen LogP contribution in [0, 0.1) is 0 Å². The number of aliphatic hydroxyl groups is 2. The molecule has 2 N–H and O–H groups in total. The van der Waals surface area contributed by atoms with Crippen LogP contribution in [0.15, 0.2) is 0 Å². The lowest BCUT2D eigenvalue weighted by Crippen LogP contribution is -2.48. The molecule has 6 heteroatoms. The van der Waals surface area contributed by atoms with Crippen molar-refractivity contribution in [2.24, 2.45) is 0 Å². The number of aliphatic hydroxyl groups excluding tert-OH is 2. The van der Waals surface area contributed by atoms with Crippen molar-refractivity contribution in [3.8, 4) is 0 Å². The minimum atomic E-state index is -1.58. The zero-order chi connectivity index (χ0) is 10.3. The van der Waals surface area contributed by atoms with E-state index < -0.39 is 30.0 Å². The summed E-state index contributed by atoms with van der Waals surface area (Å²) < 4.78 is 10.0. The van der Waals surface area contributed by atoms with Crippen LogP contribution in [0.1, 0.15) is 0 Å². The maximum absolute atomic E-state index is 10.8. The van der Waals surface area contributed by atoms with E-state index in [1.165, 1.54) is 0 Å². The highest BCUT2D eigenvalue weighted by molar-refractivity contribution is 5.70. The van der Waals surface area contributed by atoms with Crippen LogP contribution in [0.3, 0.4) is 0 Å². The number of carbonyl (C=O) groups excluding carboxylic acids is 2. The van der Waals surface area contributed by atoms with Gasteiger partial charge in [-0.05, 0) is 0 Å². The molecule has 2 saturated heterocycles. The molecule has 0 aromatic carbocycles. The Bertz CT molecular complexity index is 267. The molecule has 0 saturated carbocycles. The Kier molecular flexibility index (Phi) is 2.15. The lowest BCUT2D eigenvalue weighted by molar-refractivity contribution is -0.147. The van der Waals surface area contributed by atoms with E-state index in [1.807, 2.05) is 0 Å². The second-order valence-corrected chi connectivity index (χ2v) is 3.45. The fraction of sp³-hybridized carbons (Fsp3) is 0.750. The maximum atomic E-state index is 10.8. The third-order valence-corrected chi connectivity index (χ3v) is 2.70. The molecule has 0 aromatic heterocycles. The standard InChI is InChI=1S/C8H10O6/c9-1-4-6(12)7-8(3-10,14-4)5(11)2-13-7/h1,3-7,11-12H,2H2/t4?,5-,6+,7+,8?/m0/s1. The van der Waals surface area contributed by atoms with Gasteiger partial charge in [0.05, 0.1) is 6.61 Å². The Morgan fingerprint density at radius 3 is 2.57 bits per heavy atom. The quantitative estimate of drug-likeness (QED) is 0.487. The third kappa shape index (κ3) is 0.992. The monoisotopic (exact) mass is 202 g/mol. The van der Waals surface area contributed by atoms with Gasteiger partial charge in [-0.15, -0.1) is 0 Å². The van der Waals surface area contributed by atoms with Crippen molar-refractivity contribution >= 4 is 12.6 Å². The van der Waals surface area contributed by atoms with Gasteiger partial charge in [0.1, 0.15) is 24.4 Å². The van der Waals surface area contributed by atoms with Crippen molar-refractivity contribution in [1.82, 2.24) is 0 Å². The van der Waals surface area contributed by atoms with Crippen LogP contribution < -0.4 is 0 Å². The number of hydrogen-bond acceptors (Lipinski definition) is 6. The van der Waals surface area contributed by atoms with Crippen LogP contribution in [-0.4, -0.2) is 59.4 Å². The average Bonchev–Trinajstić information content (AvgIpc) is 2.65. The molecular formula is C8H10O6. The van der Waals surface area contributed by atoms with Gasteiger partial charge >= 0.3 is 0 Å². The molecule has 2 fully saturated rings. The molecule has 14 heavy (non-hydrogen) atoms. The predicted molar refractivity (Wildman–Crippen MR) is 41.5 cm³/mol. The third-order valence-electron chi connectivity index (χ3n) is 2.70. The second-order valence-electron chi connectivity index (χ2n) is 3.45. The minimum Gasteiger partial charge on any atom is -0.387 e. The summed E-state index contributed by atoms with van der Waals surface area (Å²) in [6.45, 7) is -0.0773. The van der Waals surface area contributed by atoms with Crippen molar-refractivity contribution < 1.29 is 29.3 Å². The van der Waals surface area contributed by atoms with Crippen molar-refractivity contribution in [2.45, 2.75) is 30.0 Å². The smallest absolute Gasteiger partial charge is 0.181 e. The zero-order valence-electron chi connectivity index (χ0n) is 7.20. The molecule has 0 bridgehead atoms. The fourth-order valence-corrected chi connectivity index (χ4v) is 1.92. The lowest BCUT2D eigenvalue weighted by Gasteiger charge is -2.22. The summed E-state index contributed by atoms with van der Waals surface area (Å²) in [4.78, 5) is 21.3. The molecule has 2 rings (SSSR count). The van der Waals surface area contributed by atoms with Crippen LogP contribution in [0.5, 0.6) is 0 Å². The van der Waals surface area contributed by atoms with E-state index in [1.54, 1.807) is 0 Å². The van der Waals surface area contributed by atoms with Gasteiger partial charge in [-0.25, -0.2) is 0 Å². The first kappa shape index (κ1) is 9.72. The first-order valence-electron chi connectivity index (χ1n) is 4.23. The first-order valence-corrected chi connectivity index (χ1v) is 4.23. The van der Waals surface area contributed by atoms with Gasteiger partial charge < -0.3 is 24.5 Å². The van der Waals surface area contributed by atoms with Gasteiger partial charge in [-0.2, -0.15) is 0 Å². The van der Waals surface area contributed by atoms with Gasteiger partial charge in [-0.1, -0.05) is 0 Å². The van der Waals surface area contributed by atoms with E-state index in [0.29, 0.717) is 12.6 Å². The van der Waals surface area contributed by atoms with E-state index in [-0.39, 0.29) is 6.61 Å². The lowest BCUT2D eigenvalue weighted by atomic mass is 9.93. The van der Waals surface area contributed by atoms with Gasteiger partial charge in [0, 0.05) is 0 Å². The second kappa shape index (κ2) is 3.09. The van der Waals surface area contributed by atoms with E-state index in [9.17, 15) is 19.8 Å². The van der Waals surface area contributed by atoms with Gasteiger partial charge in [0.15, 0.2) is 18.2 Å². The van der Waals surface area contributed by atoms with Crippen molar-refractivity contribution in [1.29, 1.82) is 0 Å². The van der Waals surface area contributed by atoms with Gasteiger partial charge in [-0.3, -0.25) is 4.79 Å². The molecule has 0 amide bonds. The summed E-state index contributed by atoms with van der Waals surface area (Å²) in [5.41, 5.74) is -1.58.